The third-order valence-electron chi connectivity index (χ3n) is 1.50. The van der Waals surface area contributed by atoms with Crippen LogP contribution >= 0.6 is 0 Å². The van der Waals surface area contributed by atoms with Crippen molar-refractivity contribution in [3.8, 4) is 0 Å². The number of rotatable bonds is 2. The Morgan fingerprint density at radius 3 is 3.00 bits per heavy atom. The van der Waals surface area contributed by atoms with Crippen LogP contribution < -0.4 is 0 Å². The molecule has 1 atom stereocenters. The molecular weight excluding hydrogens is 118 g/mol. The van der Waals surface area contributed by atoms with Crippen molar-refractivity contribution in [3.05, 3.63) is 22.3 Å². The van der Waals surface area contributed by atoms with Crippen molar-refractivity contribution in [1.29, 1.82) is 0 Å². The molecule has 9 heavy (non-hydrogen) atoms. The van der Waals surface area contributed by atoms with Gasteiger partial charge in [0.2, 0.25) is 6.54 Å². The predicted octanol–water partition coefficient (Wildman–Crippen LogP) is 1.23. The van der Waals surface area contributed by atoms with Gasteiger partial charge in [-0.15, -0.1) is 0 Å². The smallest absolute Gasteiger partial charge is 0.210 e. The van der Waals surface area contributed by atoms with Crippen molar-refractivity contribution < 1.29 is 4.92 Å². The van der Waals surface area contributed by atoms with Crippen LogP contribution in [-0.2, 0) is 0 Å². The van der Waals surface area contributed by atoms with Crippen molar-refractivity contribution in [2.24, 2.45) is 5.92 Å². The molecule has 0 spiro atoms. The van der Waals surface area contributed by atoms with Gasteiger partial charge in [0.05, 0.1) is 0 Å². The second-order valence-electron chi connectivity index (χ2n) is 2.28. The second kappa shape index (κ2) is 2.62. The SMILES string of the molecule is O=[N+]([O-])CC1C=CCC1. The Morgan fingerprint density at radius 1 is 1.78 bits per heavy atom. The highest BCUT2D eigenvalue weighted by atomic mass is 16.6. The van der Waals surface area contributed by atoms with Crippen molar-refractivity contribution in [3.63, 3.8) is 0 Å². The average Bonchev–Trinajstić information content (AvgIpc) is 2.15. The summed E-state index contributed by atoms with van der Waals surface area (Å²) in [6.07, 6.45) is 5.91. The molecule has 1 unspecified atom stereocenters. The fourth-order valence-electron chi connectivity index (χ4n) is 1.04. The molecule has 0 saturated heterocycles. The van der Waals surface area contributed by atoms with Gasteiger partial charge in [0, 0.05) is 10.8 Å². The molecule has 1 aliphatic carbocycles. The molecular formula is C6H9NO2. The third-order valence-corrected chi connectivity index (χ3v) is 1.50. The van der Waals surface area contributed by atoms with E-state index in [1.807, 2.05) is 12.2 Å². The minimum Gasteiger partial charge on any atom is -0.265 e. The molecule has 0 aromatic heterocycles. The molecule has 50 valence electrons. The molecule has 3 heteroatoms. The first-order chi connectivity index (χ1) is 4.29. The molecule has 3 nitrogen and oxygen atoms in total. The monoisotopic (exact) mass is 127 g/mol. The summed E-state index contributed by atoms with van der Waals surface area (Å²) < 4.78 is 0. The zero-order valence-corrected chi connectivity index (χ0v) is 5.12. The summed E-state index contributed by atoms with van der Waals surface area (Å²) in [7, 11) is 0. The van der Waals surface area contributed by atoms with E-state index in [-0.39, 0.29) is 17.4 Å². The van der Waals surface area contributed by atoms with Gasteiger partial charge < -0.3 is 0 Å². The van der Waals surface area contributed by atoms with Gasteiger partial charge in [0.25, 0.3) is 0 Å². The molecule has 0 aromatic rings. The molecule has 0 bridgehead atoms. The van der Waals surface area contributed by atoms with Crippen molar-refractivity contribution in [2.45, 2.75) is 12.8 Å². The maximum Gasteiger partial charge on any atom is 0.210 e. The largest absolute Gasteiger partial charge is 0.265 e. The summed E-state index contributed by atoms with van der Waals surface area (Å²) in [5.74, 6) is 0.208. The molecule has 0 aromatic carbocycles. The third kappa shape index (κ3) is 1.83. The lowest BCUT2D eigenvalue weighted by Crippen LogP contribution is -2.09. The minimum atomic E-state index is -0.250. The molecule has 0 fully saturated rings. The van der Waals surface area contributed by atoms with E-state index in [1.54, 1.807) is 0 Å². The Morgan fingerprint density at radius 2 is 2.56 bits per heavy atom. The quantitative estimate of drug-likeness (QED) is 0.318. The summed E-state index contributed by atoms with van der Waals surface area (Å²) in [5.41, 5.74) is 0. The van der Waals surface area contributed by atoms with E-state index in [9.17, 15) is 10.1 Å². The van der Waals surface area contributed by atoms with E-state index >= 15 is 0 Å². The van der Waals surface area contributed by atoms with Crippen molar-refractivity contribution in [1.82, 2.24) is 0 Å². The molecule has 0 amide bonds. The van der Waals surface area contributed by atoms with E-state index in [4.69, 9.17) is 0 Å². The molecule has 0 aliphatic heterocycles. The number of hydrogen-bond donors (Lipinski definition) is 0. The summed E-state index contributed by atoms with van der Waals surface area (Å²) in [5, 5.41) is 9.93. The first-order valence-corrected chi connectivity index (χ1v) is 3.07. The number of allylic oxidation sites excluding steroid dienone is 1. The fraction of sp³-hybridized carbons (Fsp3) is 0.667. The minimum absolute atomic E-state index is 0.108. The summed E-state index contributed by atoms with van der Waals surface area (Å²) >= 11 is 0. The maximum absolute atomic E-state index is 9.93. The van der Waals surface area contributed by atoms with Gasteiger partial charge in [-0.05, 0) is 12.8 Å². The first-order valence-electron chi connectivity index (χ1n) is 3.07. The van der Waals surface area contributed by atoms with Crippen LogP contribution in [0.3, 0.4) is 0 Å². The van der Waals surface area contributed by atoms with E-state index in [2.05, 4.69) is 0 Å². The number of nitrogens with zero attached hydrogens (tertiary/aromatic N) is 1. The standard InChI is InChI=1S/C6H9NO2/c8-7(9)5-6-3-1-2-4-6/h1,3,6H,2,4-5H2. The second-order valence-corrected chi connectivity index (χ2v) is 2.28. The van der Waals surface area contributed by atoms with Crippen LogP contribution in [0.25, 0.3) is 0 Å². The van der Waals surface area contributed by atoms with E-state index in [1.165, 1.54) is 0 Å². The Hall–Kier alpha value is -0.860. The van der Waals surface area contributed by atoms with Gasteiger partial charge in [-0.2, -0.15) is 0 Å². The van der Waals surface area contributed by atoms with Crippen molar-refractivity contribution in [2.75, 3.05) is 6.54 Å². The Labute approximate surface area is 53.5 Å². The first kappa shape index (κ1) is 6.26. The van der Waals surface area contributed by atoms with Gasteiger partial charge in [-0.3, -0.25) is 10.1 Å². The van der Waals surface area contributed by atoms with Crippen LogP contribution in [0.1, 0.15) is 12.8 Å². The highest BCUT2D eigenvalue weighted by Gasteiger charge is 2.13. The van der Waals surface area contributed by atoms with Crippen LogP contribution in [0.5, 0.6) is 0 Å². The maximum atomic E-state index is 9.93. The summed E-state index contributed by atoms with van der Waals surface area (Å²) in [6.45, 7) is 0.108. The predicted molar refractivity (Wildman–Crippen MR) is 33.7 cm³/mol. The molecule has 0 N–H and O–H groups in total. The average molecular weight is 127 g/mol. The van der Waals surface area contributed by atoms with Gasteiger partial charge >= 0.3 is 0 Å². The highest BCUT2D eigenvalue weighted by Crippen LogP contribution is 2.16. The highest BCUT2D eigenvalue weighted by molar-refractivity contribution is 4.95. The normalized spacial score (nSPS) is 24.7. The zero-order valence-electron chi connectivity index (χ0n) is 5.12. The number of hydrogen-bond acceptors (Lipinski definition) is 2. The molecule has 0 saturated carbocycles. The van der Waals surface area contributed by atoms with Crippen LogP contribution in [-0.4, -0.2) is 11.5 Å². The van der Waals surface area contributed by atoms with Gasteiger partial charge in [0.15, 0.2) is 0 Å². The Bertz CT molecular complexity index is 142. The van der Waals surface area contributed by atoms with E-state index in [0.717, 1.165) is 12.8 Å². The Balaban J connectivity index is 2.28. The molecule has 0 heterocycles. The van der Waals surface area contributed by atoms with Gasteiger partial charge in [-0.25, -0.2) is 0 Å². The van der Waals surface area contributed by atoms with Crippen LogP contribution in [0.2, 0.25) is 0 Å². The molecule has 1 aliphatic rings. The number of nitro groups is 1. The lowest BCUT2D eigenvalue weighted by molar-refractivity contribution is -0.485. The van der Waals surface area contributed by atoms with Crippen molar-refractivity contribution >= 4 is 0 Å². The summed E-state index contributed by atoms with van der Waals surface area (Å²) in [6, 6.07) is 0. The molecule has 1 rings (SSSR count). The van der Waals surface area contributed by atoms with Crippen LogP contribution in [0.15, 0.2) is 12.2 Å². The Kier molecular flexibility index (Phi) is 1.82. The summed E-state index contributed by atoms with van der Waals surface area (Å²) in [4.78, 5) is 9.68. The van der Waals surface area contributed by atoms with E-state index < -0.39 is 0 Å². The zero-order chi connectivity index (χ0) is 6.69. The lowest BCUT2D eigenvalue weighted by Gasteiger charge is -1.97. The van der Waals surface area contributed by atoms with Crippen LogP contribution in [0, 0.1) is 16.0 Å². The van der Waals surface area contributed by atoms with Gasteiger partial charge in [0.1, 0.15) is 0 Å². The molecule has 0 radical (unpaired) electrons. The van der Waals surface area contributed by atoms with E-state index in [0.29, 0.717) is 0 Å². The fourth-order valence-corrected chi connectivity index (χ4v) is 1.04. The van der Waals surface area contributed by atoms with Gasteiger partial charge in [-0.1, -0.05) is 12.2 Å². The topological polar surface area (TPSA) is 43.1 Å². The lowest BCUT2D eigenvalue weighted by atomic mass is 10.1. The van der Waals surface area contributed by atoms with Crippen LogP contribution in [0.4, 0.5) is 0 Å².